The third-order valence-corrected chi connectivity index (χ3v) is 4.01. The van der Waals surface area contributed by atoms with Gasteiger partial charge in [-0.15, -0.1) is 0 Å². The van der Waals surface area contributed by atoms with E-state index in [9.17, 15) is 4.79 Å². The molecular weight excluding hydrogens is 320 g/mol. The molecule has 2 aromatic rings. The van der Waals surface area contributed by atoms with E-state index in [1.807, 2.05) is 31.2 Å². The van der Waals surface area contributed by atoms with Crippen LogP contribution >= 0.6 is 0 Å². The van der Waals surface area contributed by atoms with Crippen LogP contribution in [0.25, 0.3) is 0 Å². The smallest absolute Gasteiger partial charge is 0.258 e. The molecule has 0 spiro atoms. The first-order chi connectivity index (χ1) is 12.2. The van der Waals surface area contributed by atoms with E-state index < -0.39 is 0 Å². The molecule has 7 nitrogen and oxygen atoms in total. The summed E-state index contributed by atoms with van der Waals surface area (Å²) in [7, 11) is 0. The Balaban J connectivity index is 1.52. The van der Waals surface area contributed by atoms with Crippen molar-refractivity contribution in [3.8, 4) is 5.75 Å². The summed E-state index contributed by atoms with van der Waals surface area (Å²) in [6.07, 6.45) is 3.88. The van der Waals surface area contributed by atoms with Gasteiger partial charge in [0.15, 0.2) is 6.61 Å². The number of nitrogens with zero attached hydrogens (tertiary/aromatic N) is 2. The van der Waals surface area contributed by atoms with Gasteiger partial charge in [0, 0.05) is 12.8 Å². The van der Waals surface area contributed by atoms with Gasteiger partial charge in [-0.1, -0.05) is 17.7 Å². The molecule has 0 radical (unpaired) electrons. The third-order valence-electron chi connectivity index (χ3n) is 4.01. The summed E-state index contributed by atoms with van der Waals surface area (Å²) >= 11 is 0. The molecule has 2 heterocycles. The highest BCUT2D eigenvalue weighted by Crippen LogP contribution is 2.14. The van der Waals surface area contributed by atoms with Gasteiger partial charge in [0.25, 0.3) is 5.91 Å². The standard InChI is InChI=1S/C18H22N4O3/c1-13-2-4-14(5-3-13)25-11-18(23)22-15-7-9-24-10-16(15)21-17-6-8-19-12-20-17/h2-6,8,12,15-16H,7,9-11H2,1H3,(H,22,23)(H,19,20,21)/t15-,16+/m0/s1. The molecule has 0 aliphatic carbocycles. The maximum atomic E-state index is 12.2. The molecule has 7 heteroatoms. The van der Waals surface area contributed by atoms with Crippen molar-refractivity contribution in [2.24, 2.45) is 0 Å². The van der Waals surface area contributed by atoms with E-state index in [0.717, 1.165) is 12.0 Å². The van der Waals surface area contributed by atoms with Crippen LogP contribution in [0.15, 0.2) is 42.9 Å². The van der Waals surface area contributed by atoms with Crippen LogP contribution in [0.1, 0.15) is 12.0 Å². The number of benzene rings is 1. The average molecular weight is 342 g/mol. The van der Waals surface area contributed by atoms with Gasteiger partial charge in [-0.2, -0.15) is 0 Å². The maximum absolute atomic E-state index is 12.2. The second-order valence-corrected chi connectivity index (χ2v) is 5.98. The minimum absolute atomic E-state index is 0.0132. The van der Waals surface area contributed by atoms with E-state index in [1.165, 1.54) is 6.33 Å². The van der Waals surface area contributed by atoms with Crippen molar-refractivity contribution < 1.29 is 14.3 Å². The number of amides is 1. The zero-order valence-electron chi connectivity index (χ0n) is 14.1. The molecule has 2 N–H and O–H groups in total. The average Bonchev–Trinajstić information content (AvgIpc) is 2.64. The van der Waals surface area contributed by atoms with E-state index in [2.05, 4.69) is 20.6 Å². The Morgan fingerprint density at radius 3 is 2.88 bits per heavy atom. The van der Waals surface area contributed by atoms with Crippen molar-refractivity contribution in [2.75, 3.05) is 25.1 Å². The van der Waals surface area contributed by atoms with Crippen molar-refractivity contribution in [3.63, 3.8) is 0 Å². The van der Waals surface area contributed by atoms with Crippen LogP contribution in [-0.4, -0.2) is 47.8 Å². The number of hydrogen-bond acceptors (Lipinski definition) is 6. The van der Waals surface area contributed by atoms with Crippen LogP contribution in [0, 0.1) is 6.92 Å². The van der Waals surface area contributed by atoms with Crippen molar-refractivity contribution in [3.05, 3.63) is 48.4 Å². The van der Waals surface area contributed by atoms with Crippen LogP contribution in [0.4, 0.5) is 5.82 Å². The lowest BCUT2D eigenvalue weighted by Crippen LogP contribution is -2.53. The van der Waals surface area contributed by atoms with Crippen LogP contribution in [0.5, 0.6) is 5.75 Å². The minimum atomic E-state index is -0.151. The van der Waals surface area contributed by atoms with Gasteiger partial charge in [0.05, 0.1) is 18.7 Å². The van der Waals surface area contributed by atoms with Gasteiger partial charge in [-0.25, -0.2) is 9.97 Å². The van der Waals surface area contributed by atoms with Gasteiger partial charge in [-0.3, -0.25) is 4.79 Å². The second kappa shape index (κ2) is 8.43. The topological polar surface area (TPSA) is 85.4 Å². The highest BCUT2D eigenvalue weighted by Gasteiger charge is 2.27. The van der Waals surface area contributed by atoms with Gasteiger partial charge < -0.3 is 20.1 Å². The normalized spacial score (nSPS) is 19.9. The molecule has 0 bridgehead atoms. The molecule has 1 amide bonds. The Morgan fingerprint density at radius 1 is 1.28 bits per heavy atom. The molecule has 1 fully saturated rings. The van der Waals surface area contributed by atoms with Gasteiger partial charge in [0.1, 0.15) is 17.9 Å². The Hall–Kier alpha value is -2.67. The first-order valence-corrected chi connectivity index (χ1v) is 8.30. The van der Waals surface area contributed by atoms with E-state index >= 15 is 0 Å². The van der Waals surface area contributed by atoms with Crippen molar-refractivity contribution >= 4 is 11.7 Å². The number of ether oxygens (including phenoxy) is 2. The largest absolute Gasteiger partial charge is 0.484 e. The number of carbonyl (C=O) groups is 1. The summed E-state index contributed by atoms with van der Waals surface area (Å²) in [5.41, 5.74) is 1.15. The number of aromatic nitrogens is 2. The lowest BCUT2D eigenvalue weighted by molar-refractivity contribution is -0.124. The Labute approximate surface area is 146 Å². The molecule has 1 aliphatic rings. The summed E-state index contributed by atoms with van der Waals surface area (Å²) in [5, 5.41) is 6.31. The molecule has 0 saturated carbocycles. The van der Waals surface area contributed by atoms with Crippen molar-refractivity contribution in [1.29, 1.82) is 0 Å². The molecule has 1 aromatic heterocycles. The predicted octanol–water partition coefficient (Wildman–Crippen LogP) is 1.55. The SMILES string of the molecule is Cc1ccc(OCC(=O)N[C@H]2CCOC[C@H]2Nc2ccncn2)cc1. The Morgan fingerprint density at radius 2 is 2.12 bits per heavy atom. The number of carbonyl (C=O) groups excluding carboxylic acids is 1. The molecule has 0 unspecified atom stereocenters. The summed E-state index contributed by atoms with van der Waals surface area (Å²) in [4.78, 5) is 20.3. The quantitative estimate of drug-likeness (QED) is 0.828. The second-order valence-electron chi connectivity index (χ2n) is 5.98. The van der Waals surface area contributed by atoms with E-state index in [-0.39, 0.29) is 24.6 Å². The van der Waals surface area contributed by atoms with Crippen LogP contribution in [-0.2, 0) is 9.53 Å². The number of anilines is 1. The summed E-state index contributed by atoms with van der Waals surface area (Å²) < 4.78 is 11.1. The molecular formula is C18H22N4O3. The maximum Gasteiger partial charge on any atom is 0.258 e. The highest BCUT2D eigenvalue weighted by molar-refractivity contribution is 5.78. The predicted molar refractivity (Wildman–Crippen MR) is 93.5 cm³/mol. The molecule has 3 rings (SSSR count). The fourth-order valence-corrected chi connectivity index (χ4v) is 2.65. The Bertz CT molecular complexity index is 678. The van der Waals surface area contributed by atoms with E-state index in [1.54, 1.807) is 12.3 Å². The first kappa shape index (κ1) is 17.2. The molecule has 1 aromatic carbocycles. The van der Waals surface area contributed by atoms with E-state index in [4.69, 9.17) is 9.47 Å². The highest BCUT2D eigenvalue weighted by atomic mass is 16.5. The fourth-order valence-electron chi connectivity index (χ4n) is 2.65. The fraction of sp³-hybridized carbons (Fsp3) is 0.389. The molecule has 1 saturated heterocycles. The van der Waals surface area contributed by atoms with Crippen LogP contribution in [0.2, 0.25) is 0 Å². The van der Waals surface area contributed by atoms with Gasteiger partial charge >= 0.3 is 0 Å². The van der Waals surface area contributed by atoms with Gasteiger partial charge in [0.2, 0.25) is 0 Å². The molecule has 2 atom stereocenters. The number of nitrogens with one attached hydrogen (secondary N) is 2. The zero-order valence-corrected chi connectivity index (χ0v) is 14.1. The molecule has 25 heavy (non-hydrogen) atoms. The monoisotopic (exact) mass is 342 g/mol. The summed E-state index contributed by atoms with van der Waals surface area (Å²) in [6, 6.07) is 9.31. The number of rotatable bonds is 6. The summed E-state index contributed by atoms with van der Waals surface area (Å²) in [6.45, 7) is 3.12. The van der Waals surface area contributed by atoms with Crippen molar-refractivity contribution in [1.82, 2.24) is 15.3 Å². The number of hydrogen-bond donors (Lipinski definition) is 2. The molecule has 132 valence electrons. The first-order valence-electron chi connectivity index (χ1n) is 8.30. The van der Waals surface area contributed by atoms with E-state index in [0.29, 0.717) is 24.8 Å². The summed E-state index contributed by atoms with van der Waals surface area (Å²) in [5.74, 6) is 1.24. The lowest BCUT2D eigenvalue weighted by atomic mass is 10.0. The number of aryl methyl sites for hydroxylation is 1. The Kier molecular flexibility index (Phi) is 5.79. The van der Waals surface area contributed by atoms with Crippen LogP contribution < -0.4 is 15.4 Å². The minimum Gasteiger partial charge on any atom is -0.484 e. The third kappa shape index (κ3) is 5.15. The van der Waals surface area contributed by atoms with Gasteiger partial charge in [-0.05, 0) is 31.5 Å². The van der Waals surface area contributed by atoms with Crippen molar-refractivity contribution in [2.45, 2.75) is 25.4 Å². The van der Waals surface area contributed by atoms with Crippen LogP contribution in [0.3, 0.4) is 0 Å². The molecule has 1 aliphatic heterocycles. The lowest BCUT2D eigenvalue weighted by Gasteiger charge is -2.33. The zero-order chi connectivity index (χ0) is 17.5.